The van der Waals surface area contributed by atoms with Gasteiger partial charge in [0.15, 0.2) is 0 Å². The maximum absolute atomic E-state index is 11.4. The number of nitrogens with zero attached hydrogens (tertiary/aromatic N) is 1. The van der Waals surface area contributed by atoms with E-state index in [-0.39, 0.29) is 12.5 Å². The Kier molecular flexibility index (Phi) is 4.70. The first-order chi connectivity index (χ1) is 7.95. The number of likely N-dealkylation sites (N-methyl/N-ethyl adjacent to an activating group) is 1. The minimum atomic E-state index is -0.00702. The van der Waals surface area contributed by atoms with Crippen molar-refractivity contribution in [3.05, 3.63) is 34.4 Å². The van der Waals surface area contributed by atoms with Crippen molar-refractivity contribution in [1.29, 1.82) is 0 Å². The molecule has 0 saturated carbocycles. The van der Waals surface area contributed by atoms with E-state index in [1.54, 1.807) is 11.9 Å². The van der Waals surface area contributed by atoms with Crippen molar-refractivity contribution in [2.45, 2.75) is 27.2 Å². The fraction of sp³-hybridized carbons (Fsp3) is 0.500. The van der Waals surface area contributed by atoms with Crippen LogP contribution in [0.15, 0.2) is 12.1 Å². The number of hydrogen-bond acceptors (Lipinski definition) is 2. The Labute approximate surface area is 104 Å². The molecule has 0 bridgehead atoms. The third kappa shape index (κ3) is 3.56. The molecule has 0 aliphatic heterocycles. The first-order valence-corrected chi connectivity index (χ1v) is 5.96. The fourth-order valence-corrected chi connectivity index (χ4v) is 2.16. The van der Waals surface area contributed by atoms with Gasteiger partial charge in [0, 0.05) is 13.6 Å². The van der Waals surface area contributed by atoms with Gasteiger partial charge in [-0.25, -0.2) is 0 Å². The summed E-state index contributed by atoms with van der Waals surface area (Å²) in [5, 5.41) is 0. The minimum Gasteiger partial charge on any atom is -0.344 e. The largest absolute Gasteiger partial charge is 0.344 e. The first kappa shape index (κ1) is 13.7. The second kappa shape index (κ2) is 5.82. The molecule has 1 aromatic rings. The molecular formula is C14H22N2O. The van der Waals surface area contributed by atoms with Gasteiger partial charge in [0.05, 0.1) is 6.54 Å². The zero-order chi connectivity index (χ0) is 13.0. The highest BCUT2D eigenvalue weighted by Gasteiger charge is 2.08. The summed E-state index contributed by atoms with van der Waals surface area (Å²) in [7, 11) is 1.80. The van der Waals surface area contributed by atoms with Crippen molar-refractivity contribution in [3.8, 4) is 0 Å². The van der Waals surface area contributed by atoms with Crippen molar-refractivity contribution in [3.63, 3.8) is 0 Å². The predicted octanol–water partition coefficient (Wildman–Crippen LogP) is 1.57. The lowest BCUT2D eigenvalue weighted by Crippen LogP contribution is -2.34. The van der Waals surface area contributed by atoms with E-state index in [4.69, 9.17) is 5.73 Å². The highest BCUT2D eigenvalue weighted by molar-refractivity contribution is 5.77. The van der Waals surface area contributed by atoms with Crippen molar-refractivity contribution in [2.24, 2.45) is 5.73 Å². The quantitative estimate of drug-likeness (QED) is 0.859. The van der Waals surface area contributed by atoms with E-state index in [0.29, 0.717) is 0 Å². The molecule has 0 saturated heterocycles. The lowest BCUT2D eigenvalue weighted by atomic mass is 9.97. The Balaban J connectivity index is 2.73. The Morgan fingerprint density at radius 2 is 1.76 bits per heavy atom. The van der Waals surface area contributed by atoms with Crippen LogP contribution in [0.1, 0.15) is 22.3 Å². The first-order valence-electron chi connectivity index (χ1n) is 5.96. The summed E-state index contributed by atoms with van der Waals surface area (Å²) >= 11 is 0. The number of carbonyl (C=O) groups excluding carboxylic acids is 1. The normalized spacial score (nSPS) is 10.4. The lowest BCUT2D eigenvalue weighted by molar-refractivity contribution is -0.128. The van der Waals surface area contributed by atoms with Gasteiger partial charge in [-0.2, -0.15) is 0 Å². The number of aryl methyl sites for hydroxylation is 3. The Bertz CT molecular complexity index is 390. The number of nitrogens with two attached hydrogens (primary N) is 1. The molecule has 94 valence electrons. The molecule has 0 fully saturated rings. The summed E-state index contributed by atoms with van der Waals surface area (Å²) in [4.78, 5) is 13.1. The average molecular weight is 234 g/mol. The van der Waals surface area contributed by atoms with Crippen LogP contribution in [0, 0.1) is 20.8 Å². The van der Waals surface area contributed by atoms with Gasteiger partial charge in [0.25, 0.3) is 0 Å². The van der Waals surface area contributed by atoms with Crippen LogP contribution in [0.4, 0.5) is 0 Å². The fourth-order valence-electron chi connectivity index (χ4n) is 2.16. The van der Waals surface area contributed by atoms with Crippen LogP contribution in [-0.4, -0.2) is 30.9 Å². The monoisotopic (exact) mass is 234 g/mol. The van der Waals surface area contributed by atoms with Crippen LogP contribution in [0.25, 0.3) is 0 Å². The van der Waals surface area contributed by atoms with E-state index < -0.39 is 0 Å². The average Bonchev–Trinajstić information content (AvgIpc) is 2.26. The summed E-state index contributed by atoms with van der Waals surface area (Å²) in [6, 6.07) is 4.38. The zero-order valence-electron chi connectivity index (χ0n) is 11.2. The number of amides is 1. The van der Waals surface area contributed by atoms with Crippen molar-refractivity contribution < 1.29 is 4.79 Å². The molecular weight excluding hydrogens is 212 g/mol. The molecule has 0 radical (unpaired) electrons. The number of benzene rings is 1. The van der Waals surface area contributed by atoms with Gasteiger partial charge in [-0.1, -0.05) is 17.7 Å². The SMILES string of the molecule is Cc1cc(C)c(CCN(C)C(=O)CN)c(C)c1. The molecule has 3 heteroatoms. The highest BCUT2D eigenvalue weighted by Crippen LogP contribution is 2.17. The Hall–Kier alpha value is -1.35. The molecule has 0 atom stereocenters. The van der Waals surface area contributed by atoms with Crippen LogP contribution in [-0.2, 0) is 11.2 Å². The van der Waals surface area contributed by atoms with E-state index in [0.717, 1.165) is 13.0 Å². The van der Waals surface area contributed by atoms with Crippen LogP contribution >= 0.6 is 0 Å². The van der Waals surface area contributed by atoms with E-state index in [9.17, 15) is 4.79 Å². The zero-order valence-corrected chi connectivity index (χ0v) is 11.2. The van der Waals surface area contributed by atoms with E-state index in [1.807, 2.05) is 0 Å². The van der Waals surface area contributed by atoms with Crippen LogP contribution in [0.3, 0.4) is 0 Å². The van der Waals surface area contributed by atoms with Gasteiger partial charge in [-0.05, 0) is 43.9 Å². The van der Waals surface area contributed by atoms with Gasteiger partial charge < -0.3 is 10.6 Å². The van der Waals surface area contributed by atoms with Crippen LogP contribution in [0.2, 0.25) is 0 Å². The smallest absolute Gasteiger partial charge is 0.236 e. The van der Waals surface area contributed by atoms with Gasteiger partial charge in [0.2, 0.25) is 5.91 Å². The van der Waals surface area contributed by atoms with Gasteiger partial charge in [-0.15, -0.1) is 0 Å². The summed E-state index contributed by atoms with van der Waals surface area (Å²) in [6.07, 6.45) is 0.889. The molecule has 17 heavy (non-hydrogen) atoms. The van der Waals surface area contributed by atoms with Gasteiger partial charge >= 0.3 is 0 Å². The predicted molar refractivity (Wildman–Crippen MR) is 71.0 cm³/mol. The maximum Gasteiger partial charge on any atom is 0.236 e. The number of hydrogen-bond donors (Lipinski definition) is 1. The topological polar surface area (TPSA) is 46.3 Å². The molecule has 0 heterocycles. The van der Waals surface area contributed by atoms with Gasteiger partial charge in [-0.3, -0.25) is 4.79 Å². The molecule has 1 rings (SSSR count). The molecule has 1 amide bonds. The molecule has 0 spiro atoms. The third-order valence-electron chi connectivity index (χ3n) is 3.14. The number of rotatable bonds is 4. The molecule has 1 aromatic carbocycles. The summed E-state index contributed by atoms with van der Waals surface area (Å²) < 4.78 is 0. The van der Waals surface area contributed by atoms with Crippen LogP contribution < -0.4 is 5.73 Å². The third-order valence-corrected chi connectivity index (χ3v) is 3.14. The second-order valence-electron chi connectivity index (χ2n) is 4.65. The van der Waals surface area contributed by atoms with E-state index >= 15 is 0 Å². The van der Waals surface area contributed by atoms with E-state index in [2.05, 4.69) is 32.9 Å². The standard InChI is InChI=1S/C14H22N2O/c1-10-7-11(2)13(12(3)8-10)5-6-16(4)14(17)9-15/h7-8H,5-6,9,15H2,1-4H3. The molecule has 3 nitrogen and oxygen atoms in total. The Morgan fingerprint density at radius 1 is 1.24 bits per heavy atom. The molecule has 0 aliphatic rings. The molecule has 0 aliphatic carbocycles. The van der Waals surface area contributed by atoms with Crippen molar-refractivity contribution >= 4 is 5.91 Å². The molecule has 2 N–H and O–H groups in total. The van der Waals surface area contributed by atoms with Crippen molar-refractivity contribution in [1.82, 2.24) is 4.90 Å². The highest BCUT2D eigenvalue weighted by atomic mass is 16.2. The molecule has 0 unspecified atom stereocenters. The second-order valence-corrected chi connectivity index (χ2v) is 4.65. The van der Waals surface area contributed by atoms with Gasteiger partial charge in [0.1, 0.15) is 0 Å². The Morgan fingerprint density at radius 3 is 2.24 bits per heavy atom. The maximum atomic E-state index is 11.4. The summed E-state index contributed by atoms with van der Waals surface area (Å²) in [5.41, 5.74) is 10.6. The lowest BCUT2D eigenvalue weighted by Gasteiger charge is -2.18. The van der Waals surface area contributed by atoms with E-state index in [1.165, 1.54) is 22.3 Å². The number of carbonyl (C=O) groups is 1. The summed E-state index contributed by atoms with van der Waals surface area (Å²) in [6.45, 7) is 7.16. The van der Waals surface area contributed by atoms with Crippen LogP contribution in [0.5, 0.6) is 0 Å². The summed E-state index contributed by atoms with van der Waals surface area (Å²) in [5.74, 6) is -0.00702. The minimum absolute atomic E-state index is 0.00702. The van der Waals surface area contributed by atoms with Crippen molar-refractivity contribution in [2.75, 3.05) is 20.1 Å². The molecule has 0 aromatic heterocycles.